The van der Waals surface area contributed by atoms with Gasteiger partial charge in [0.15, 0.2) is 6.61 Å². The predicted molar refractivity (Wildman–Crippen MR) is 108 cm³/mol. The van der Waals surface area contributed by atoms with Crippen LogP contribution in [0, 0.1) is 12.7 Å². The van der Waals surface area contributed by atoms with Crippen LogP contribution >= 0.6 is 11.8 Å². The summed E-state index contributed by atoms with van der Waals surface area (Å²) in [6.07, 6.45) is 0. The van der Waals surface area contributed by atoms with Crippen LogP contribution in [0.25, 0.3) is 0 Å². The summed E-state index contributed by atoms with van der Waals surface area (Å²) in [4.78, 5) is 28.8. The number of piperazine rings is 1. The van der Waals surface area contributed by atoms with Crippen molar-refractivity contribution < 1.29 is 18.7 Å². The molecule has 1 amide bonds. The van der Waals surface area contributed by atoms with E-state index in [1.54, 1.807) is 23.1 Å². The van der Waals surface area contributed by atoms with Crippen LogP contribution in [-0.2, 0) is 14.3 Å². The number of hydrogen-bond acceptors (Lipinski definition) is 5. The first-order chi connectivity index (χ1) is 13.5. The van der Waals surface area contributed by atoms with Crippen molar-refractivity contribution in [2.75, 3.05) is 43.4 Å². The largest absolute Gasteiger partial charge is 0.455 e. The molecule has 3 rings (SSSR count). The summed E-state index contributed by atoms with van der Waals surface area (Å²) in [6.45, 7) is 3.77. The summed E-state index contributed by atoms with van der Waals surface area (Å²) in [7, 11) is 0. The molecule has 1 fully saturated rings. The van der Waals surface area contributed by atoms with Gasteiger partial charge in [-0.3, -0.25) is 9.59 Å². The molecule has 0 unspecified atom stereocenters. The molecule has 2 aromatic rings. The summed E-state index contributed by atoms with van der Waals surface area (Å²) in [5.41, 5.74) is 1.65. The van der Waals surface area contributed by atoms with Crippen LogP contribution < -0.4 is 4.90 Å². The molecule has 1 saturated heterocycles. The van der Waals surface area contributed by atoms with Gasteiger partial charge in [-0.2, -0.15) is 0 Å². The lowest BCUT2D eigenvalue weighted by molar-refractivity contribution is -0.150. The van der Waals surface area contributed by atoms with Gasteiger partial charge in [-0.1, -0.05) is 30.3 Å². The molecular weight excluding hydrogens is 379 g/mol. The molecule has 0 saturated carbocycles. The average molecular weight is 402 g/mol. The Bertz CT molecular complexity index is 838. The fourth-order valence-electron chi connectivity index (χ4n) is 3.04. The summed E-state index contributed by atoms with van der Waals surface area (Å²) < 4.78 is 19.0. The van der Waals surface area contributed by atoms with Gasteiger partial charge in [0, 0.05) is 31.1 Å². The van der Waals surface area contributed by atoms with Gasteiger partial charge in [-0.25, -0.2) is 4.39 Å². The number of amides is 1. The molecule has 0 aliphatic carbocycles. The number of aryl methyl sites for hydroxylation is 1. The Morgan fingerprint density at radius 1 is 1.04 bits per heavy atom. The van der Waals surface area contributed by atoms with Crippen molar-refractivity contribution >= 4 is 29.3 Å². The lowest BCUT2D eigenvalue weighted by Crippen LogP contribution is -2.50. The molecule has 1 aliphatic rings. The number of benzene rings is 2. The number of hydrogen-bond donors (Lipinski definition) is 0. The van der Waals surface area contributed by atoms with Crippen molar-refractivity contribution in [1.82, 2.24) is 4.90 Å². The number of anilines is 1. The van der Waals surface area contributed by atoms with E-state index in [1.165, 1.54) is 17.8 Å². The number of thioether (sulfide) groups is 1. The van der Waals surface area contributed by atoms with Crippen molar-refractivity contribution in [3.05, 3.63) is 59.9 Å². The van der Waals surface area contributed by atoms with Gasteiger partial charge in [0.2, 0.25) is 0 Å². The SMILES string of the molecule is Cc1ccccc1SCC(=O)OCC(=O)N1CCN(c2ccccc2F)CC1. The van der Waals surface area contributed by atoms with Gasteiger partial charge in [-0.15, -0.1) is 11.8 Å². The van der Waals surface area contributed by atoms with E-state index in [-0.39, 0.29) is 24.1 Å². The van der Waals surface area contributed by atoms with E-state index in [0.29, 0.717) is 31.9 Å². The van der Waals surface area contributed by atoms with Crippen LogP contribution in [0.15, 0.2) is 53.4 Å². The van der Waals surface area contributed by atoms with E-state index >= 15 is 0 Å². The van der Waals surface area contributed by atoms with Gasteiger partial charge in [0.25, 0.3) is 5.91 Å². The van der Waals surface area contributed by atoms with Crippen molar-refractivity contribution in [3.63, 3.8) is 0 Å². The highest BCUT2D eigenvalue weighted by molar-refractivity contribution is 8.00. The Hall–Kier alpha value is -2.54. The van der Waals surface area contributed by atoms with E-state index in [4.69, 9.17) is 4.74 Å². The average Bonchev–Trinajstić information content (AvgIpc) is 2.72. The van der Waals surface area contributed by atoms with E-state index in [1.807, 2.05) is 36.1 Å². The molecule has 0 aromatic heterocycles. The zero-order valence-electron chi connectivity index (χ0n) is 15.8. The van der Waals surface area contributed by atoms with Crippen molar-refractivity contribution in [3.8, 4) is 0 Å². The lowest BCUT2D eigenvalue weighted by Gasteiger charge is -2.36. The second-order valence-corrected chi connectivity index (χ2v) is 7.55. The Morgan fingerprint density at radius 3 is 2.43 bits per heavy atom. The quantitative estimate of drug-likeness (QED) is 0.549. The lowest BCUT2D eigenvalue weighted by atomic mass is 10.2. The molecule has 0 atom stereocenters. The number of nitrogens with zero attached hydrogens (tertiary/aromatic N) is 2. The molecular formula is C21H23FN2O3S. The maximum atomic E-state index is 13.9. The van der Waals surface area contributed by atoms with Gasteiger partial charge in [0.1, 0.15) is 5.82 Å². The van der Waals surface area contributed by atoms with E-state index in [2.05, 4.69) is 0 Å². The highest BCUT2D eigenvalue weighted by Gasteiger charge is 2.23. The van der Waals surface area contributed by atoms with Crippen LogP contribution in [0.1, 0.15) is 5.56 Å². The first-order valence-corrected chi connectivity index (χ1v) is 10.1. The number of carbonyl (C=O) groups excluding carboxylic acids is 2. The molecule has 2 aromatic carbocycles. The molecule has 1 heterocycles. The fraction of sp³-hybridized carbons (Fsp3) is 0.333. The van der Waals surface area contributed by atoms with Gasteiger partial charge < -0.3 is 14.5 Å². The Balaban J connectivity index is 1.40. The van der Waals surface area contributed by atoms with Crippen LogP contribution in [-0.4, -0.2) is 55.3 Å². The summed E-state index contributed by atoms with van der Waals surface area (Å²) in [6, 6.07) is 14.4. The van der Waals surface area contributed by atoms with Crippen LogP contribution in [0.5, 0.6) is 0 Å². The summed E-state index contributed by atoms with van der Waals surface area (Å²) in [5, 5.41) is 0. The monoisotopic (exact) mass is 402 g/mol. The third-order valence-electron chi connectivity index (χ3n) is 4.62. The molecule has 1 aliphatic heterocycles. The molecule has 0 bridgehead atoms. The van der Waals surface area contributed by atoms with Crippen LogP contribution in [0.2, 0.25) is 0 Å². The van der Waals surface area contributed by atoms with Gasteiger partial charge >= 0.3 is 5.97 Å². The summed E-state index contributed by atoms with van der Waals surface area (Å²) in [5.74, 6) is -0.726. The number of halogens is 1. The van der Waals surface area contributed by atoms with E-state index < -0.39 is 5.97 Å². The number of carbonyl (C=O) groups is 2. The highest BCUT2D eigenvalue weighted by atomic mass is 32.2. The Morgan fingerprint density at radius 2 is 1.71 bits per heavy atom. The zero-order valence-corrected chi connectivity index (χ0v) is 16.6. The Labute approximate surface area is 168 Å². The highest BCUT2D eigenvalue weighted by Crippen LogP contribution is 2.22. The second-order valence-electron chi connectivity index (χ2n) is 6.53. The fourth-order valence-corrected chi connectivity index (χ4v) is 3.86. The van der Waals surface area contributed by atoms with Gasteiger partial charge in [0.05, 0.1) is 11.4 Å². The molecule has 148 valence electrons. The van der Waals surface area contributed by atoms with Crippen LogP contribution in [0.4, 0.5) is 10.1 Å². The Kier molecular flexibility index (Phi) is 6.92. The van der Waals surface area contributed by atoms with E-state index in [9.17, 15) is 14.0 Å². The molecule has 0 N–H and O–H groups in total. The topological polar surface area (TPSA) is 49.9 Å². The third-order valence-corrected chi connectivity index (χ3v) is 5.77. The minimum atomic E-state index is -0.411. The van der Waals surface area contributed by atoms with Gasteiger partial charge in [-0.05, 0) is 30.7 Å². The first kappa shape index (κ1) is 20.2. The molecule has 28 heavy (non-hydrogen) atoms. The molecule has 5 nitrogen and oxygen atoms in total. The van der Waals surface area contributed by atoms with Crippen molar-refractivity contribution in [2.24, 2.45) is 0 Å². The molecule has 0 spiro atoms. The minimum Gasteiger partial charge on any atom is -0.455 e. The normalized spacial score (nSPS) is 14.1. The number of ether oxygens (including phenoxy) is 1. The van der Waals surface area contributed by atoms with E-state index in [0.717, 1.165) is 10.5 Å². The zero-order chi connectivity index (χ0) is 19.9. The third kappa shape index (κ3) is 5.25. The smallest absolute Gasteiger partial charge is 0.316 e. The first-order valence-electron chi connectivity index (χ1n) is 9.16. The van der Waals surface area contributed by atoms with Crippen molar-refractivity contribution in [1.29, 1.82) is 0 Å². The van der Waals surface area contributed by atoms with Crippen LogP contribution in [0.3, 0.4) is 0 Å². The number of rotatable bonds is 6. The number of para-hydroxylation sites is 1. The summed E-state index contributed by atoms with van der Waals surface area (Å²) >= 11 is 1.40. The second kappa shape index (κ2) is 9.59. The number of esters is 1. The van der Waals surface area contributed by atoms with Crippen molar-refractivity contribution in [2.45, 2.75) is 11.8 Å². The molecule has 7 heteroatoms. The minimum absolute atomic E-state index is 0.166. The maximum Gasteiger partial charge on any atom is 0.316 e. The predicted octanol–water partition coefficient (Wildman–Crippen LogP) is 3.12. The maximum absolute atomic E-state index is 13.9. The standard InChI is InChI=1S/C21H23FN2O3S/c1-16-6-2-5-9-19(16)28-15-21(26)27-14-20(25)24-12-10-23(11-13-24)18-8-4-3-7-17(18)22/h2-9H,10-15H2,1H3. The molecule has 0 radical (unpaired) electrons.